The monoisotopic (exact) mass is 418 g/mol. The van der Waals surface area contributed by atoms with Gasteiger partial charge in [-0.1, -0.05) is 40.5 Å². The molecular weight excluding hydrogens is 399 g/mol. The zero-order chi connectivity index (χ0) is 19.9. The van der Waals surface area contributed by atoms with Gasteiger partial charge < -0.3 is 9.42 Å². The number of hydrogen-bond donors (Lipinski definition) is 0. The van der Waals surface area contributed by atoms with Crippen LogP contribution in [0.15, 0.2) is 47.1 Å². The van der Waals surface area contributed by atoms with Crippen LogP contribution >= 0.6 is 23.2 Å². The summed E-state index contributed by atoms with van der Waals surface area (Å²) < 4.78 is 5.10. The molecule has 6 nitrogen and oxygen atoms in total. The minimum atomic E-state index is 0.0213. The highest BCUT2D eigenvalue weighted by molar-refractivity contribution is 6.42. The van der Waals surface area contributed by atoms with Gasteiger partial charge in [0.2, 0.25) is 11.8 Å². The fraction of sp³-hybridized carbons (Fsp3) is 0.300. The van der Waals surface area contributed by atoms with Crippen LogP contribution in [0.5, 0.6) is 0 Å². The predicted molar refractivity (Wildman–Crippen MR) is 107 cm³/mol. The van der Waals surface area contributed by atoms with E-state index in [1.165, 1.54) is 0 Å². The second kappa shape index (κ2) is 9.66. The summed E-state index contributed by atoms with van der Waals surface area (Å²) >= 11 is 12.1. The standard InChI is InChI=1S/C20H20Cl2N4O2/c1-14-24-19(28-25-14)6-4-7-20(27)26(13-16-5-2-3-10-23-16)12-15-8-9-17(21)18(22)11-15/h2-3,5,8-11H,4,6-7,12-13H2,1H3. The Kier molecular flexibility index (Phi) is 7.01. The average molecular weight is 419 g/mol. The summed E-state index contributed by atoms with van der Waals surface area (Å²) in [4.78, 5) is 23.1. The average Bonchev–Trinajstić information content (AvgIpc) is 3.10. The summed E-state index contributed by atoms with van der Waals surface area (Å²) in [5, 5.41) is 4.72. The normalized spacial score (nSPS) is 10.8. The van der Waals surface area contributed by atoms with Crippen LogP contribution in [-0.2, 0) is 24.3 Å². The van der Waals surface area contributed by atoms with Gasteiger partial charge in [0.05, 0.1) is 22.3 Å². The van der Waals surface area contributed by atoms with E-state index in [4.69, 9.17) is 27.7 Å². The van der Waals surface area contributed by atoms with Crippen molar-refractivity contribution in [3.63, 3.8) is 0 Å². The number of pyridine rings is 1. The van der Waals surface area contributed by atoms with E-state index in [9.17, 15) is 4.79 Å². The van der Waals surface area contributed by atoms with Crippen LogP contribution in [0, 0.1) is 6.92 Å². The molecule has 0 saturated carbocycles. The Bertz CT molecular complexity index is 931. The van der Waals surface area contributed by atoms with E-state index in [0.29, 0.717) is 54.1 Å². The molecule has 0 fully saturated rings. The van der Waals surface area contributed by atoms with Gasteiger partial charge in [-0.25, -0.2) is 0 Å². The molecule has 146 valence electrons. The van der Waals surface area contributed by atoms with Gasteiger partial charge in [0, 0.05) is 25.6 Å². The van der Waals surface area contributed by atoms with Gasteiger partial charge in [-0.05, 0) is 43.2 Å². The van der Waals surface area contributed by atoms with Crippen molar-refractivity contribution in [1.29, 1.82) is 0 Å². The molecule has 0 atom stereocenters. The number of aryl methyl sites for hydroxylation is 2. The minimum Gasteiger partial charge on any atom is -0.339 e. The highest BCUT2D eigenvalue weighted by Gasteiger charge is 2.16. The molecule has 0 unspecified atom stereocenters. The minimum absolute atomic E-state index is 0.0213. The molecule has 0 aliphatic carbocycles. The maximum Gasteiger partial charge on any atom is 0.226 e. The fourth-order valence-electron chi connectivity index (χ4n) is 2.77. The van der Waals surface area contributed by atoms with E-state index < -0.39 is 0 Å². The van der Waals surface area contributed by atoms with Gasteiger partial charge in [0.15, 0.2) is 5.82 Å². The van der Waals surface area contributed by atoms with Crippen molar-refractivity contribution in [2.45, 2.75) is 39.3 Å². The molecular formula is C20H20Cl2N4O2. The Labute approximate surface area is 173 Å². The van der Waals surface area contributed by atoms with Crippen molar-refractivity contribution in [1.82, 2.24) is 20.0 Å². The van der Waals surface area contributed by atoms with Crippen molar-refractivity contribution < 1.29 is 9.32 Å². The Morgan fingerprint density at radius 2 is 2.00 bits per heavy atom. The summed E-state index contributed by atoms with van der Waals surface area (Å²) in [7, 11) is 0. The van der Waals surface area contributed by atoms with Crippen LogP contribution in [0.4, 0.5) is 0 Å². The Balaban J connectivity index is 1.67. The largest absolute Gasteiger partial charge is 0.339 e. The third-order valence-electron chi connectivity index (χ3n) is 4.14. The molecule has 3 aromatic rings. The third-order valence-corrected chi connectivity index (χ3v) is 4.88. The van der Waals surface area contributed by atoms with Crippen molar-refractivity contribution >= 4 is 29.1 Å². The summed E-state index contributed by atoms with van der Waals surface area (Å²) in [5.41, 5.74) is 1.73. The zero-order valence-corrected chi connectivity index (χ0v) is 17.0. The van der Waals surface area contributed by atoms with Crippen LogP contribution in [0.2, 0.25) is 10.0 Å². The molecule has 0 bridgehead atoms. The van der Waals surface area contributed by atoms with Crippen LogP contribution in [-0.4, -0.2) is 25.9 Å². The molecule has 0 aliphatic rings. The SMILES string of the molecule is Cc1noc(CCCC(=O)N(Cc2ccc(Cl)c(Cl)c2)Cc2ccccn2)n1. The maximum absolute atomic E-state index is 12.9. The Morgan fingerprint density at radius 1 is 1.14 bits per heavy atom. The second-order valence-electron chi connectivity index (χ2n) is 6.41. The number of hydrogen-bond acceptors (Lipinski definition) is 5. The lowest BCUT2D eigenvalue weighted by molar-refractivity contribution is -0.132. The number of amides is 1. The molecule has 3 rings (SSSR count). The quantitative estimate of drug-likeness (QED) is 0.532. The van der Waals surface area contributed by atoms with Gasteiger partial charge in [0.25, 0.3) is 0 Å². The first-order chi connectivity index (χ1) is 13.5. The number of carbonyl (C=O) groups is 1. The van der Waals surface area contributed by atoms with Crippen LogP contribution in [0.25, 0.3) is 0 Å². The van der Waals surface area contributed by atoms with Gasteiger partial charge in [-0.15, -0.1) is 0 Å². The Morgan fingerprint density at radius 3 is 2.68 bits per heavy atom. The third kappa shape index (κ3) is 5.78. The summed E-state index contributed by atoms with van der Waals surface area (Å²) in [5.74, 6) is 1.16. The zero-order valence-electron chi connectivity index (χ0n) is 15.4. The lowest BCUT2D eigenvalue weighted by Crippen LogP contribution is -2.30. The van der Waals surface area contributed by atoms with Crippen LogP contribution < -0.4 is 0 Å². The van der Waals surface area contributed by atoms with Crippen molar-refractivity contribution in [3.8, 4) is 0 Å². The number of benzene rings is 1. The molecule has 8 heteroatoms. The highest BCUT2D eigenvalue weighted by atomic mass is 35.5. The van der Waals surface area contributed by atoms with Crippen LogP contribution in [0.1, 0.15) is 35.8 Å². The smallest absolute Gasteiger partial charge is 0.226 e. The Hall–Kier alpha value is -2.44. The van der Waals surface area contributed by atoms with Crippen LogP contribution in [0.3, 0.4) is 0 Å². The van der Waals surface area contributed by atoms with Crippen molar-refractivity contribution in [2.24, 2.45) is 0 Å². The molecule has 0 radical (unpaired) electrons. The molecule has 28 heavy (non-hydrogen) atoms. The summed E-state index contributed by atoms with van der Waals surface area (Å²) in [6, 6.07) is 11.0. The summed E-state index contributed by atoms with van der Waals surface area (Å²) in [6.45, 7) is 2.61. The van der Waals surface area contributed by atoms with E-state index in [1.54, 1.807) is 30.2 Å². The van der Waals surface area contributed by atoms with Gasteiger partial charge >= 0.3 is 0 Å². The summed E-state index contributed by atoms with van der Waals surface area (Å²) in [6.07, 6.45) is 3.28. The van der Waals surface area contributed by atoms with Gasteiger partial charge in [0.1, 0.15) is 0 Å². The number of aromatic nitrogens is 3. The molecule has 1 aromatic carbocycles. The number of halogens is 2. The first kappa shape index (κ1) is 20.3. The van der Waals surface area contributed by atoms with E-state index in [-0.39, 0.29) is 5.91 Å². The number of rotatable bonds is 8. The first-order valence-electron chi connectivity index (χ1n) is 8.92. The molecule has 0 N–H and O–H groups in total. The highest BCUT2D eigenvalue weighted by Crippen LogP contribution is 2.24. The fourth-order valence-corrected chi connectivity index (χ4v) is 3.09. The molecule has 0 saturated heterocycles. The van der Waals surface area contributed by atoms with Gasteiger partial charge in [-0.2, -0.15) is 4.98 Å². The molecule has 2 aromatic heterocycles. The second-order valence-corrected chi connectivity index (χ2v) is 7.22. The topological polar surface area (TPSA) is 72.1 Å². The predicted octanol–water partition coefficient (Wildman–Crippen LogP) is 4.63. The lowest BCUT2D eigenvalue weighted by Gasteiger charge is -2.23. The molecule has 0 spiro atoms. The lowest BCUT2D eigenvalue weighted by atomic mass is 10.1. The molecule has 0 aliphatic heterocycles. The van der Waals surface area contributed by atoms with E-state index in [1.807, 2.05) is 24.3 Å². The molecule has 2 heterocycles. The van der Waals surface area contributed by atoms with Crippen molar-refractivity contribution in [2.75, 3.05) is 0 Å². The van der Waals surface area contributed by atoms with Crippen molar-refractivity contribution in [3.05, 3.63) is 75.6 Å². The van der Waals surface area contributed by atoms with E-state index >= 15 is 0 Å². The molecule has 1 amide bonds. The maximum atomic E-state index is 12.9. The first-order valence-corrected chi connectivity index (χ1v) is 9.67. The number of carbonyl (C=O) groups excluding carboxylic acids is 1. The number of nitrogens with zero attached hydrogens (tertiary/aromatic N) is 4. The van der Waals surface area contributed by atoms with E-state index in [2.05, 4.69) is 15.1 Å². The van der Waals surface area contributed by atoms with E-state index in [0.717, 1.165) is 11.3 Å². The van der Waals surface area contributed by atoms with Gasteiger partial charge in [-0.3, -0.25) is 9.78 Å².